The van der Waals surface area contributed by atoms with Gasteiger partial charge in [-0.15, -0.1) is 0 Å². The van der Waals surface area contributed by atoms with Gasteiger partial charge in [0.1, 0.15) is 0 Å². The van der Waals surface area contributed by atoms with E-state index in [1.165, 1.54) is 0 Å². The van der Waals surface area contributed by atoms with Crippen LogP contribution < -0.4 is 10.2 Å². The molecule has 0 radical (unpaired) electrons. The van der Waals surface area contributed by atoms with Crippen LogP contribution >= 0.6 is 23.2 Å². The average Bonchev–Trinajstić information content (AvgIpc) is 2.50. The number of carbonyl (C=O) groups is 1. The predicted octanol–water partition coefficient (Wildman–Crippen LogP) is 5.09. The zero-order valence-corrected chi connectivity index (χ0v) is 14.1. The smallest absolute Gasteiger partial charge is 0.258 e. The van der Waals surface area contributed by atoms with Crippen LogP contribution in [0.3, 0.4) is 0 Å². The summed E-state index contributed by atoms with van der Waals surface area (Å²) in [5.74, 6) is -0.314. The Balaban J connectivity index is 2.16. The molecule has 0 aliphatic heterocycles. The molecule has 0 aromatic heterocycles. The highest BCUT2D eigenvalue weighted by atomic mass is 35.5. The Labute approximate surface area is 140 Å². The molecule has 1 N–H and O–H groups in total. The number of anilines is 2. The maximum Gasteiger partial charge on any atom is 0.258 e. The third-order valence-electron chi connectivity index (χ3n) is 3.44. The Morgan fingerprint density at radius 2 is 1.55 bits per heavy atom. The number of rotatable bonds is 5. The number of carbonyl (C=O) groups excluding carboxylic acids is 1. The van der Waals surface area contributed by atoms with Crippen molar-refractivity contribution >= 4 is 40.5 Å². The SMILES string of the molecule is CCN(CC)c1ccc(NC(=O)c2c(Cl)cccc2Cl)cc1. The molecule has 2 aromatic carbocycles. The summed E-state index contributed by atoms with van der Waals surface area (Å²) in [6.45, 7) is 6.10. The summed E-state index contributed by atoms with van der Waals surface area (Å²) >= 11 is 12.1. The highest BCUT2D eigenvalue weighted by Crippen LogP contribution is 2.25. The fourth-order valence-corrected chi connectivity index (χ4v) is 2.82. The van der Waals surface area contributed by atoms with E-state index in [4.69, 9.17) is 23.2 Å². The van der Waals surface area contributed by atoms with Crippen molar-refractivity contribution in [2.45, 2.75) is 13.8 Å². The van der Waals surface area contributed by atoms with Crippen molar-refractivity contribution in [3.8, 4) is 0 Å². The molecule has 0 saturated carbocycles. The monoisotopic (exact) mass is 336 g/mol. The van der Waals surface area contributed by atoms with Gasteiger partial charge in [0.25, 0.3) is 5.91 Å². The van der Waals surface area contributed by atoms with Crippen LogP contribution in [0.1, 0.15) is 24.2 Å². The molecule has 0 aliphatic carbocycles. The van der Waals surface area contributed by atoms with E-state index in [9.17, 15) is 4.79 Å². The molecule has 3 nitrogen and oxygen atoms in total. The van der Waals surface area contributed by atoms with Gasteiger partial charge in [-0.25, -0.2) is 0 Å². The Morgan fingerprint density at radius 1 is 1.00 bits per heavy atom. The van der Waals surface area contributed by atoms with Gasteiger partial charge in [0.2, 0.25) is 0 Å². The van der Waals surface area contributed by atoms with Crippen LogP contribution in [0.5, 0.6) is 0 Å². The molecular weight excluding hydrogens is 319 g/mol. The minimum absolute atomic E-state index is 0.290. The topological polar surface area (TPSA) is 32.3 Å². The lowest BCUT2D eigenvalue weighted by Gasteiger charge is -2.21. The number of amides is 1. The molecule has 0 atom stereocenters. The molecule has 0 aliphatic rings. The largest absolute Gasteiger partial charge is 0.372 e. The van der Waals surface area contributed by atoms with Crippen molar-refractivity contribution in [2.24, 2.45) is 0 Å². The number of nitrogens with zero attached hydrogens (tertiary/aromatic N) is 1. The normalized spacial score (nSPS) is 10.4. The first kappa shape index (κ1) is 16.7. The van der Waals surface area contributed by atoms with Crippen LogP contribution in [-0.4, -0.2) is 19.0 Å². The molecule has 116 valence electrons. The second kappa shape index (κ2) is 7.52. The number of nitrogens with one attached hydrogen (secondary N) is 1. The third-order valence-corrected chi connectivity index (χ3v) is 4.07. The second-order valence-electron chi connectivity index (χ2n) is 4.77. The van der Waals surface area contributed by atoms with Crippen LogP contribution in [-0.2, 0) is 0 Å². The van der Waals surface area contributed by atoms with E-state index in [1.807, 2.05) is 24.3 Å². The zero-order valence-electron chi connectivity index (χ0n) is 12.6. The number of benzene rings is 2. The van der Waals surface area contributed by atoms with E-state index < -0.39 is 0 Å². The van der Waals surface area contributed by atoms with E-state index >= 15 is 0 Å². The first-order valence-electron chi connectivity index (χ1n) is 7.17. The zero-order chi connectivity index (χ0) is 16.1. The van der Waals surface area contributed by atoms with Crippen LogP contribution in [0.15, 0.2) is 42.5 Å². The maximum absolute atomic E-state index is 12.3. The van der Waals surface area contributed by atoms with Gasteiger partial charge < -0.3 is 10.2 Å². The molecule has 2 rings (SSSR count). The van der Waals surface area contributed by atoms with E-state index in [0.717, 1.165) is 18.8 Å². The van der Waals surface area contributed by atoms with Crippen molar-refractivity contribution in [2.75, 3.05) is 23.3 Å². The molecule has 0 spiro atoms. The van der Waals surface area contributed by atoms with Gasteiger partial charge in [0.15, 0.2) is 0 Å². The third kappa shape index (κ3) is 3.73. The summed E-state index contributed by atoms with van der Waals surface area (Å²) in [4.78, 5) is 14.5. The number of halogens is 2. The van der Waals surface area contributed by atoms with Crippen LogP contribution in [0, 0.1) is 0 Å². The molecular formula is C17H18Cl2N2O. The Morgan fingerprint density at radius 3 is 2.05 bits per heavy atom. The Bertz CT molecular complexity index is 632. The van der Waals surface area contributed by atoms with Crippen LogP contribution in [0.4, 0.5) is 11.4 Å². The van der Waals surface area contributed by atoms with Crippen molar-refractivity contribution in [1.29, 1.82) is 0 Å². The molecule has 0 heterocycles. The van der Waals surface area contributed by atoms with Gasteiger partial charge >= 0.3 is 0 Å². The Kier molecular flexibility index (Phi) is 5.69. The lowest BCUT2D eigenvalue weighted by Crippen LogP contribution is -2.21. The molecule has 0 bridgehead atoms. The first-order chi connectivity index (χ1) is 10.6. The van der Waals surface area contributed by atoms with Crippen LogP contribution in [0.25, 0.3) is 0 Å². The lowest BCUT2D eigenvalue weighted by molar-refractivity contribution is 0.102. The molecule has 2 aromatic rings. The Hall–Kier alpha value is -1.71. The molecule has 0 unspecified atom stereocenters. The van der Waals surface area contributed by atoms with Gasteiger partial charge in [-0.3, -0.25) is 4.79 Å². The predicted molar refractivity (Wildman–Crippen MR) is 94.4 cm³/mol. The van der Waals surface area contributed by atoms with E-state index in [1.54, 1.807) is 18.2 Å². The van der Waals surface area contributed by atoms with Gasteiger partial charge in [0, 0.05) is 24.5 Å². The lowest BCUT2D eigenvalue weighted by atomic mass is 10.2. The van der Waals surface area contributed by atoms with Crippen molar-refractivity contribution in [3.05, 3.63) is 58.1 Å². The number of hydrogen-bond donors (Lipinski definition) is 1. The fourth-order valence-electron chi connectivity index (χ4n) is 2.25. The van der Waals surface area contributed by atoms with Crippen molar-refractivity contribution in [1.82, 2.24) is 0 Å². The summed E-state index contributed by atoms with van der Waals surface area (Å²) in [6.07, 6.45) is 0. The summed E-state index contributed by atoms with van der Waals surface area (Å²) in [7, 11) is 0. The van der Waals surface area contributed by atoms with Gasteiger partial charge in [-0.1, -0.05) is 29.3 Å². The summed E-state index contributed by atoms with van der Waals surface area (Å²) in [6, 6.07) is 12.7. The van der Waals surface area contributed by atoms with E-state index in [-0.39, 0.29) is 5.91 Å². The highest BCUT2D eigenvalue weighted by Gasteiger charge is 2.14. The fraction of sp³-hybridized carbons (Fsp3) is 0.235. The van der Waals surface area contributed by atoms with E-state index in [2.05, 4.69) is 24.1 Å². The minimum Gasteiger partial charge on any atom is -0.372 e. The van der Waals surface area contributed by atoms with Gasteiger partial charge in [-0.2, -0.15) is 0 Å². The number of hydrogen-bond acceptors (Lipinski definition) is 2. The van der Waals surface area contributed by atoms with Gasteiger partial charge in [0.05, 0.1) is 15.6 Å². The second-order valence-corrected chi connectivity index (χ2v) is 5.58. The summed E-state index contributed by atoms with van der Waals surface area (Å²) < 4.78 is 0. The standard InChI is InChI=1S/C17H18Cl2N2O/c1-3-21(4-2)13-10-8-12(9-11-13)20-17(22)16-14(18)6-5-7-15(16)19/h5-11H,3-4H2,1-2H3,(H,20,22). The summed E-state index contributed by atoms with van der Waals surface area (Å²) in [5, 5.41) is 3.49. The molecule has 22 heavy (non-hydrogen) atoms. The van der Waals surface area contributed by atoms with Crippen molar-refractivity contribution in [3.63, 3.8) is 0 Å². The van der Waals surface area contributed by atoms with Gasteiger partial charge in [-0.05, 0) is 50.2 Å². The molecule has 0 fully saturated rings. The van der Waals surface area contributed by atoms with Crippen molar-refractivity contribution < 1.29 is 4.79 Å². The minimum atomic E-state index is -0.314. The molecule has 1 amide bonds. The summed E-state index contributed by atoms with van der Waals surface area (Å²) in [5.41, 5.74) is 2.12. The van der Waals surface area contributed by atoms with E-state index in [0.29, 0.717) is 21.3 Å². The molecule has 5 heteroatoms. The molecule has 0 saturated heterocycles. The quantitative estimate of drug-likeness (QED) is 0.824. The average molecular weight is 337 g/mol. The first-order valence-corrected chi connectivity index (χ1v) is 7.92. The van der Waals surface area contributed by atoms with Crippen LogP contribution in [0.2, 0.25) is 10.0 Å². The maximum atomic E-state index is 12.3. The highest BCUT2D eigenvalue weighted by molar-refractivity contribution is 6.40.